The van der Waals surface area contributed by atoms with Crippen molar-refractivity contribution >= 4 is 10.8 Å². The Morgan fingerprint density at radius 1 is 1.42 bits per heavy atom. The molecule has 0 aliphatic rings. The van der Waals surface area contributed by atoms with Gasteiger partial charge in [0.15, 0.2) is 0 Å². The van der Waals surface area contributed by atoms with E-state index in [1.165, 1.54) is 31.4 Å². The lowest BCUT2D eigenvalue weighted by atomic mass is 10.4. The van der Waals surface area contributed by atoms with Gasteiger partial charge in [-0.2, -0.15) is 0 Å². The first kappa shape index (κ1) is 9.35. The summed E-state index contributed by atoms with van der Waals surface area (Å²) >= 11 is 0. The molecule has 0 amide bonds. The average Bonchev–Trinajstić information content (AvgIpc) is 2.06. The summed E-state index contributed by atoms with van der Waals surface area (Å²) in [5.41, 5.74) is 0. The lowest BCUT2D eigenvalue weighted by Gasteiger charge is -1.99. The van der Waals surface area contributed by atoms with Crippen LogP contribution in [-0.2, 0) is 15.5 Å². The Hall–Kier alpha value is -0.740. The fourth-order valence-corrected chi connectivity index (χ4v) is 1.55. The van der Waals surface area contributed by atoms with Crippen LogP contribution in [-0.4, -0.2) is 17.3 Å². The van der Waals surface area contributed by atoms with E-state index in [2.05, 4.69) is 0 Å². The van der Waals surface area contributed by atoms with Gasteiger partial charge in [0.05, 0.1) is 10.8 Å². The lowest BCUT2D eigenvalue weighted by molar-refractivity contribution is 0.254. The second-order valence-electron chi connectivity index (χ2n) is 2.21. The fourth-order valence-electron chi connectivity index (χ4n) is 0.761. The molecule has 0 aromatic heterocycles. The van der Waals surface area contributed by atoms with Gasteiger partial charge in [-0.05, 0) is 24.3 Å². The van der Waals surface area contributed by atoms with Gasteiger partial charge in [0.1, 0.15) is 11.8 Å². The van der Waals surface area contributed by atoms with Crippen LogP contribution in [0.2, 0.25) is 0 Å². The lowest BCUT2D eigenvalue weighted by Crippen LogP contribution is -1.99. The van der Waals surface area contributed by atoms with E-state index in [9.17, 15) is 8.60 Å². The predicted octanol–water partition coefficient (Wildman–Crippen LogP) is 1.54. The van der Waals surface area contributed by atoms with Gasteiger partial charge in [-0.25, -0.2) is 4.39 Å². The maximum atomic E-state index is 12.4. The van der Waals surface area contributed by atoms with Gasteiger partial charge >= 0.3 is 0 Å². The molecule has 0 fully saturated rings. The van der Waals surface area contributed by atoms with Crippen LogP contribution < -0.4 is 0 Å². The smallest absolute Gasteiger partial charge is 0.126 e. The largest absolute Gasteiger partial charge is 0.371 e. The first-order valence-corrected chi connectivity index (χ1v) is 4.69. The number of halogens is 1. The molecule has 0 saturated heterocycles. The zero-order valence-corrected chi connectivity index (χ0v) is 7.44. The molecule has 0 N–H and O–H groups in total. The van der Waals surface area contributed by atoms with Crippen molar-refractivity contribution in [3.63, 3.8) is 0 Å². The maximum Gasteiger partial charge on any atom is 0.126 e. The van der Waals surface area contributed by atoms with Crippen LogP contribution in [0.1, 0.15) is 0 Å². The van der Waals surface area contributed by atoms with E-state index in [1.807, 2.05) is 0 Å². The third-order valence-corrected chi connectivity index (χ3v) is 2.55. The zero-order chi connectivity index (χ0) is 8.97. The summed E-state index contributed by atoms with van der Waals surface area (Å²) in [5.74, 6) is -0.181. The van der Waals surface area contributed by atoms with Crippen molar-refractivity contribution in [2.24, 2.45) is 0 Å². The monoisotopic (exact) mass is 188 g/mol. The SMILES string of the molecule is COCS(=O)c1ccc(F)cc1. The van der Waals surface area contributed by atoms with Crippen LogP contribution in [0.5, 0.6) is 0 Å². The van der Waals surface area contributed by atoms with Crippen molar-refractivity contribution in [3.8, 4) is 0 Å². The second-order valence-corrected chi connectivity index (χ2v) is 3.60. The highest BCUT2D eigenvalue weighted by Crippen LogP contribution is 2.07. The van der Waals surface area contributed by atoms with Crippen molar-refractivity contribution in [2.45, 2.75) is 4.90 Å². The summed E-state index contributed by atoms with van der Waals surface area (Å²) in [6.45, 7) is 0. The van der Waals surface area contributed by atoms with Crippen LogP contribution in [0, 0.1) is 5.82 Å². The van der Waals surface area contributed by atoms with Crippen LogP contribution in [0.15, 0.2) is 29.2 Å². The van der Waals surface area contributed by atoms with E-state index < -0.39 is 10.8 Å². The molecule has 0 aliphatic carbocycles. The Morgan fingerprint density at radius 2 is 2.00 bits per heavy atom. The zero-order valence-electron chi connectivity index (χ0n) is 6.62. The van der Waals surface area contributed by atoms with Crippen molar-refractivity contribution < 1.29 is 13.3 Å². The van der Waals surface area contributed by atoms with Crippen molar-refractivity contribution in [2.75, 3.05) is 13.0 Å². The Morgan fingerprint density at radius 3 is 2.50 bits per heavy atom. The number of benzene rings is 1. The van der Waals surface area contributed by atoms with Crippen LogP contribution in [0.3, 0.4) is 0 Å². The molecule has 0 aliphatic heterocycles. The third kappa shape index (κ3) is 2.39. The molecule has 4 heteroatoms. The number of methoxy groups -OCH3 is 1. The number of hydrogen-bond donors (Lipinski definition) is 0. The van der Waals surface area contributed by atoms with Crippen LogP contribution >= 0.6 is 0 Å². The van der Waals surface area contributed by atoms with Gasteiger partial charge in [0, 0.05) is 12.0 Å². The molecule has 1 aromatic rings. The van der Waals surface area contributed by atoms with E-state index in [0.717, 1.165) is 0 Å². The summed E-state index contributed by atoms with van der Waals surface area (Å²) in [7, 11) is 0.293. The molecule has 1 atom stereocenters. The summed E-state index contributed by atoms with van der Waals surface area (Å²) in [4.78, 5) is 0.582. The van der Waals surface area contributed by atoms with Crippen molar-refractivity contribution in [3.05, 3.63) is 30.1 Å². The Kier molecular flexibility index (Phi) is 3.37. The van der Waals surface area contributed by atoms with Gasteiger partial charge in [-0.15, -0.1) is 0 Å². The second kappa shape index (κ2) is 4.33. The average molecular weight is 188 g/mol. The molecule has 0 radical (unpaired) electrons. The van der Waals surface area contributed by atoms with Gasteiger partial charge in [-0.3, -0.25) is 4.21 Å². The molecule has 0 spiro atoms. The molecule has 1 aromatic carbocycles. The maximum absolute atomic E-state index is 12.4. The highest BCUT2D eigenvalue weighted by Gasteiger charge is 2.01. The number of rotatable bonds is 3. The number of ether oxygens (including phenoxy) is 1. The van der Waals surface area contributed by atoms with Crippen molar-refractivity contribution in [1.82, 2.24) is 0 Å². The van der Waals surface area contributed by atoms with Gasteiger partial charge in [-0.1, -0.05) is 0 Å². The molecule has 1 unspecified atom stereocenters. The molecule has 66 valence electrons. The summed E-state index contributed by atoms with van der Waals surface area (Å²) in [6.07, 6.45) is 0. The van der Waals surface area contributed by atoms with E-state index in [0.29, 0.717) is 4.90 Å². The predicted molar refractivity (Wildman–Crippen MR) is 44.7 cm³/mol. The first-order valence-electron chi connectivity index (χ1n) is 3.37. The highest BCUT2D eigenvalue weighted by molar-refractivity contribution is 7.84. The van der Waals surface area contributed by atoms with Crippen LogP contribution in [0.4, 0.5) is 4.39 Å². The highest BCUT2D eigenvalue weighted by atomic mass is 32.2. The first-order chi connectivity index (χ1) is 5.74. The minimum atomic E-state index is -1.18. The molecule has 0 heterocycles. The minimum absolute atomic E-state index is 0.144. The van der Waals surface area contributed by atoms with E-state index in [1.54, 1.807) is 0 Å². The van der Waals surface area contributed by atoms with Gasteiger partial charge in [0.25, 0.3) is 0 Å². The standard InChI is InChI=1S/C8H9FO2S/c1-11-6-12(10)8-4-2-7(9)3-5-8/h2-5H,6H2,1H3. The van der Waals surface area contributed by atoms with Gasteiger partial charge < -0.3 is 4.74 Å². The Bertz CT molecular complexity index is 271. The summed E-state index contributed by atoms with van der Waals surface area (Å²) in [6, 6.07) is 5.54. The molecule has 12 heavy (non-hydrogen) atoms. The third-order valence-electron chi connectivity index (χ3n) is 1.30. The van der Waals surface area contributed by atoms with E-state index >= 15 is 0 Å². The van der Waals surface area contributed by atoms with Crippen molar-refractivity contribution in [1.29, 1.82) is 0 Å². The van der Waals surface area contributed by atoms with E-state index in [-0.39, 0.29) is 11.8 Å². The normalized spacial score (nSPS) is 12.8. The molecule has 0 saturated carbocycles. The fraction of sp³-hybridized carbons (Fsp3) is 0.250. The Labute approximate surface area is 72.8 Å². The topological polar surface area (TPSA) is 26.3 Å². The number of hydrogen-bond acceptors (Lipinski definition) is 2. The van der Waals surface area contributed by atoms with Crippen LogP contribution in [0.25, 0.3) is 0 Å². The quantitative estimate of drug-likeness (QED) is 0.719. The van der Waals surface area contributed by atoms with Gasteiger partial charge in [0.2, 0.25) is 0 Å². The molecular formula is C8H9FO2S. The molecule has 2 nitrogen and oxygen atoms in total. The molecule has 1 rings (SSSR count). The van der Waals surface area contributed by atoms with E-state index in [4.69, 9.17) is 4.74 Å². The molecular weight excluding hydrogens is 179 g/mol. The minimum Gasteiger partial charge on any atom is -0.371 e. The Balaban J connectivity index is 2.75. The summed E-state index contributed by atoms with van der Waals surface area (Å²) < 4.78 is 28.3. The summed E-state index contributed by atoms with van der Waals surface area (Å²) in [5, 5.41) is 0. The molecule has 0 bridgehead atoms.